The fourth-order valence-electron chi connectivity index (χ4n) is 4.29. The van der Waals surface area contributed by atoms with Crippen LogP contribution in [-0.2, 0) is 14.8 Å². The van der Waals surface area contributed by atoms with E-state index < -0.39 is 14.9 Å². The molecule has 1 amide bonds. The maximum atomic E-state index is 13.0. The molecule has 0 unspecified atom stereocenters. The predicted molar refractivity (Wildman–Crippen MR) is 123 cm³/mol. The van der Waals surface area contributed by atoms with Crippen molar-refractivity contribution in [3.8, 4) is 0 Å². The number of anilines is 1. The van der Waals surface area contributed by atoms with E-state index in [1.54, 1.807) is 17.0 Å². The largest absolute Gasteiger partial charge is 0.368 e. The zero-order valence-electron chi connectivity index (χ0n) is 17.8. The van der Waals surface area contributed by atoms with Crippen LogP contribution in [0.1, 0.15) is 12.8 Å². The van der Waals surface area contributed by atoms with Crippen molar-refractivity contribution >= 4 is 38.9 Å². The minimum absolute atomic E-state index is 0.0197. The Balaban J connectivity index is 1.32. The molecule has 2 aromatic rings. The number of aromatic nitrogens is 1. The Bertz CT molecular complexity index is 1150. The van der Waals surface area contributed by atoms with Gasteiger partial charge in [0, 0.05) is 69.2 Å². The van der Waals surface area contributed by atoms with E-state index in [-0.39, 0.29) is 40.7 Å². The number of hydrogen-bond donors (Lipinski definition) is 0. The molecule has 0 radical (unpaired) electrons. The number of piperidine rings is 1. The Morgan fingerprint density at radius 1 is 1.06 bits per heavy atom. The highest BCUT2D eigenvalue weighted by Crippen LogP contribution is 2.28. The van der Waals surface area contributed by atoms with Gasteiger partial charge in [0.1, 0.15) is 10.0 Å². The second kappa shape index (κ2) is 9.62. The molecule has 2 saturated heterocycles. The molecule has 0 atom stereocenters. The van der Waals surface area contributed by atoms with E-state index in [9.17, 15) is 23.3 Å². The van der Waals surface area contributed by atoms with Gasteiger partial charge < -0.3 is 9.80 Å². The summed E-state index contributed by atoms with van der Waals surface area (Å²) in [4.78, 5) is 31.3. The van der Waals surface area contributed by atoms with Crippen LogP contribution in [0.25, 0.3) is 0 Å². The number of hydrogen-bond acceptors (Lipinski definition) is 7. The van der Waals surface area contributed by atoms with E-state index in [1.807, 2.05) is 11.0 Å². The van der Waals surface area contributed by atoms with Gasteiger partial charge in [-0.3, -0.25) is 14.9 Å². The number of nitrogens with zero attached hydrogens (tertiary/aromatic N) is 5. The first-order valence-electron chi connectivity index (χ1n) is 10.7. The molecule has 33 heavy (non-hydrogen) atoms. The lowest BCUT2D eigenvalue weighted by Gasteiger charge is -2.39. The highest BCUT2D eigenvalue weighted by Gasteiger charge is 2.35. The van der Waals surface area contributed by atoms with Gasteiger partial charge in [-0.25, -0.2) is 13.4 Å². The van der Waals surface area contributed by atoms with Crippen molar-refractivity contribution in [3.63, 3.8) is 0 Å². The molecular weight excluding hydrogens is 470 g/mol. The summed E-state index contributed by atoms with van der Waals surface area (Å²) in [6, 6.07) is 9.45. The molecule has 4 rings (SSSR count). The molecule has 0 bridgehead atoms. The SMILES string of the molecule is O=C(C1CCN(S(=O)(=O)c2cccnc2Cl)CC1)N1CCN(c2cccc([N+](=O)[O-])c2)CC1. The van der Waals surface area contributed by atoms with Gasteiger partial charge in [-0.2, -0.15) is 4.31 Å². The zero-order valence-corrected chi connectivity index (χ0v) is 19.4. The van der Waals surface area contributed by atoms with Gasteiger partial charge >= 0.3 is 0 Å². The van der Waals surface area contributed by atoms with Crippen LogP contribution in [-0.4, -0.2) is 72.7 Å². The first-order valence-corrected chi connectivity index (χ1v) is 12.5. The van der Waals surface area contributed by atoms with Crippen molar-refractivity contribution in [1.29, 1.82) is 0 Å². The molecule has 0 aliphatic carbocycles. The first kappa shape index (κ1) is 23.4. The van der Waals surface area contributed by atoms with Gasteiger partial charge in [-0.15, -0.1) is 0 Å². The van der Waals surface area contributed by atoms with Crippen LogP contribution < -0.4 is 4.90 Å². The Morgan fingerprint density at radius 2 is 1.76 bits per heavy atom. The van der Waals surface area contributed by atoms with Crippen molar-refractivity contribution in [2.45, 2.75) is 17.7 Å². The molecule has 2 aliphatic heterocycles. The van der Waals surface area contributed by atoms with Crippen molar-refractivity contribution in [2.75, 3.05) is 44.2 Å². The Labute approximate surface area is 197 Å². The van der Waals surface area contributed by atoms with Gasteiger partial charge in [0.15, 0.2) is 0 Å². The summed E-state index contributed by atoms with van der Waals surface area (Å²) >= 11 is 5.97. The highest BCUT2D eigenvalue weighted by atomic mass is 35.5. The molecule has 0 spiro atoms. The molecule has 3 heterocycles. The number of amides is 1. The van der Waals surface area contributed by atoms with E-state index in [4.69, 9.17) is 11.6 Å². The molecule has 0 saturated carbocycles. The fourth-order valence-corrected chi connectivity index (χ4v) is 6.19. The van der Waals surface area contributed by atoms with Gasteiger partial charge in [-0.1, -0.05) is 17.7 Å². The Kier molecular flexibility index (Phi) is 6.82. The first-order chi connectivity index (χ1) is 15.8. The monoisotopic (exact) mass is 493 g/mol. The second-order valence-electron chi connectivity index (χ2n) is 8.06. The average Bonchev–Trinajstić information content (AvgIpc) is 2.84. The fraction of sp³-hybridized carbons (Fsp3) is 0.429. The van der Waals surface area contributed by atoms with Gasteiger partial charge in [0.2, 0.25) is 15.9 Å². The molecule has 12 heteroatoms. The third-order valence-electron chi connectivity index (χ3n) is 6.14. The van der Waals surface area contributed by atoms with Crippen LogP contribution in [0.3, 0.4) is 0 Å². The number of nitro groups is 1. The molecule has 1 aromatic carbocycles. The quantitative estimate of drug-likeness (QED) is 0.356. The number of carbonyl (C=O) groups is 1. The van der Waals surface area contributed by atoms with Crippen LogP contribution in [0.2, 0.25) is 5.15 Å². The Hall–Kier alpha value is -2.76. The third-order valence-corrected chi connectivity index (χ3v) is 8.49. The molecule has 176 valence electrons. The summed E-state index contributed by atoms with van der Waals surface area (Å²) in [6.45, 7) is 2.70. The van der Waals surface area contributed by atoms with Crippen molar-refractivity contribution in [2.24, 2.45) is 5.92 Å². The minimum Gasteiger partial charge on any atom is -0.368 e. The van der Waals surface area contributed by atoms with Crippen molar-refractivity contribution < 1.29 is 18.1 Å². The van der Waals surface area contributed by atoms with E-state index in [2.05, 4.69) is 4.98 Å². The van der Waals surface area contributed by atoms with Crippen LogP contribution in [0.4, 0.5) is 11.4 Å². The van der Waals surface area contributed by atoms with E-state index in [0.717, 1.165) is 5.69 Å². The van der Waals surface area contributed by atoms with E-state index in [1.165, 1.54) is 28.7 Å². The number of non-ortho nitro benzene ring substituents is 1. The number of nitro benzene ring substituents is 1. The lowest BCUT2D eigenvalue weighted by atomic mass is 9.96. The standard InChI is InChI=1S/C21H24ClN5O5S/c22-20-19(5-2-8-23-20)33(31,32)26-9-6-16(7-10-26)21(28)25-13-11-24(12-14-25)17-3-1-4-18(15-17)27(29)30/h1-5,8,15-16H,6-7,9-14H2. The molecule has 10 nitrogen and oxygen atoms in total. The van der Waals surface area contributed by atoms with Crippen LogP contribution >= 0.6 is 11.6 Å². The van der Waals surface area contributed by atoms with E-state index in [0.29, 0.717) is 39.0 Å². The third kappa shape index (κ3) is 4.94. The molecule has 2 fully saturated rings. The normalized spacial score (nSPS) is 18.3. The average molecular weight is 494 g/mol. The highest BCUT2D eigenvalue weighted by molar-refractivity contribution is 7.89. The van der Waals surface area contributed by atoms with Gasteiger partial charge in [-0.05, 0) is 31.0 Å². The van der Waals surface area contributed by atoms with Gasteiger partial charge in [0.25, 0.3) is 5.69 Å². The summed E-state index contributed by atoms with van der Waals surface area (Å²) in [6.07, 6.45) is 2.33. The maximum absolute atomic E-state index is 13.0. The van der Waals surface area contributed by atoms with Crippen LogP contribution in [0, 0.1) is 16.0 Å². The number of carbonyl (C=O) groups excluding carboxylic acids is 1. The lowest BCUT2D eigenvalue weighted by Crippen LogP contribution is -2.52. The molecule has 1 aromatic heterocycles. The summed E-state index contributed by atoms with van der Waals surface area (Å²) in [5.41, 5.74) is 0.809. The van der Waals surface area contributed by atoms with Crippen LogP contribution in [0.5, 0.6) is 0 Å². The lowest BCUT2D eigenvalue weighted by molar-refractivity contribution is -0.384. The minimum atomic E-state index is -3.75. The number of piperazine rings is 1. The predicted octanol–water partition coefficient (Wildman–Crippen LogP) is 2.39. The van der Waals surface area contributed by atoms with Gasteiger partial charge in [0.05, 0.1) is 4.92 Å². The second-order valence-corrected chi connectivity index (χ2v) is 10.3. The number of rotatable bonds is 5. The van der Waals surface area contributed by atoms with E-state index >= 15 is 0 Å². The van der Waals surface area contributed by atoms with Crippen molar-refractivity contribution in [3.05, 3.63) is 57.9 Å². The molecule has 0 N–H and O–H groups in total. The zero-order chi connectivity index (χ0) is 23.6. The number of pyridine rings is 1. The summed E-state index contributed by atoms with van der Waals surface area (Å²) < 4.78 is 27.1. The number of halogens is 1. The smallest absolute Gasteiger partial charge is 0.271 e. The molecular formula is C21H24ClN5O5S. The number of benzene rings is 1. The summed E-state index contributed by atoms with van der Waals surface area (Å²) in [5, 5.41) is 11.0. The Morgan fingerprint density at radius 3 is 2.39 bits per heavy atom. The van der Waals surface area contributed by atoms with Crippen molar-refractivity contribution in [1.82, 2.24) is 14.2 Å². The summed E-state index contributed by atoms with van der Waals surface area (Å²) in [5.74, 6) is -0.199. The number of sulfonamides is 1. The van der Waals surface area contributed by atoms with Crippen LogP contribution in [0.15, 0.2) is 47.5 Å². The summed E-state index contributed by atoms with van der Waals surface area (Å²) in [7, 11) is -3.75. The topological polar surface area (TPSA) is 117 Å². The maximum Gasteiger partial charge on any atom is 0.271 e. The molecule has 2 aliphatic rings.